The molecule has 0 unspecified atom stereocenters. The molecule has 0 amide bonds. The predicted octanol–water partition coefficient (Wildman–Crippen LogP) is 8.89. The number of imidazole rings is 2. The largest absolute Gasteiger partial charge is 0.293 e. The average Bonchev–Trinajstić information content (AvgIpc) is 3.91. The van der Waals surface area contributed by atoms with Crippen LogP contribution < -0.4 is 0 Å². The van der Waals surface area contributed by atoms with Crippen molar-refractivity contribution in [1.29, 1.82) is 0 Å². The normalized spacial score (nSPS) is 11.5. The van der Waals surface area contributed by atoms with E-state index in [1.165, 1.54) is 0 Å². The minimum atomic E-state index is 0.562. The summed E-state index contributed by atoms with van der Waals surface area (Å²) in [5, 5.41) is 0. The number of hydrogen-bond donors (Lipinski definition) is 0. The van der Waals surface area contributed by atoms with Crippen LogP contribution in [0.25, 0.3) is 84.6 Å². The molecule has 10 aromatic rings. The van der Waals surface area contributed by atoms with Crippen molar-refractivity contribution >= 4 is 33.5 Å². The Morgan fingerprint density at radius 2 is 0.902 bits per heavy atom. The van der Waals surface area contributed by atoms with Gasteiger partial charge in [-0.15, -0.1) is 0 Å². The second kappa shape index (κ2) is 11.7. The van der Waals surface area contributed by atoms with E-state index in [-0.39, 0.29) is 0 Å². The third kappa shape index (κ3) is 4.79. The summed E-state index contributed by atoms with van der Waals surface area (Å²) in [4.78, 5) is 29.2. The first kappa shape index (κ1) is 28.7. The molecule has 5 aromatic heterocycles. The van der Waals surface area contributed by atoms with Gasteiger partial charge in [-0.1, -0.05) is 66.7 Å². The molecule has 51 heavy (non-hydrogen) atoms. The molecule has 0 saturated heterocycles. The summed E-state index contributed by atoms with van der Waals surface area (Å²) in [6.07, 6.45) is 6.85. The first-order valence-electron chi connectivity index (χ1n) is 16.6. The Labute approximate surface area is 291 Å². The number of fused-ring (bicyclic) bond motifs is 3. The fourth-order valence-corrected chi connectivity index (χ4v) is 6.89. The van der Waals surface area contributed by atoms with Crippen molar-refractivity contribution in [2.75, 3.05) is 0 Å². The fraction of sp³-hybridized carbons (Fsp3) is 0. The van der Waals surface area contributed by atoms with Gasteiger partial charge in [-0.3, -0.25) is 18.7 Å². The Balaban J connectivity index is 1.31. The van der Waals surface area contributed by atoms with Gasteiger partial charge >= 0.3 is 0 Å². The molecule has 0 aliphatic carbocycles. The second-order valence-electron chi connectivity index (χ2n) is 12.2. The topological polar surface area (TPSA) is 92.1 Å². The molecule has 0 aliphatic rings. The molecule has 0 fully saturated rings. The zero-order chi connectivity index (χ0) is 33.7. The summed E-state index contributed by atoms with van der Waals surface area (Å²) in [6.45, 7) is 0. The smallest absolute Gasteiger partial charge is 0.198 e. The molecular weight excluding hydrogens is 631 g/mol. The number of nitrogens with zero attached hydrogens (tertiary/aromatic N) is 9. The van der Waals surface area contributed by atoms with Gasteiger partial charge in [0.05, 0.1) is 16.7 Å². The number of para-hydroxylation sites is 5. The average molecular weight is 658 g/mol. The number of rotatable bonds is 6. The van der Waals surface area contributed by atoms with Crippen LogP contribution in [0.3, 0.4) is 0 Å². The van der Waals surface area contributed by atoms with Crippen molar-refractivity contribution < 1.29 is 0 Å². The monoisotopic (exact) mass is 657 g/mol. The zero-order valence-corrected chi connectivity index (χ0v) is 27.1. The third-order valence-electron chi connectivity index (χ3n) is 9.08. The molecule has 5 heterocycles. The van der Waals surface area contributed by atoms with E-state index in [0.717, 1.165) is 67.5 Å². The maximum absolute atomic E-state index is 5.26. The predicted molar refractivity (Wildman–Crippen MR) is 200 cm³/mol. The Hall–Kier alpha value is -7.26. The lowest BCUT2D eigenvalue weighted by Crippen LogP contribution is -2.02. The molecule has 0 bridgehead atoms. The van der Waals surface area contributed by atoms with Crippen molar-refractivity contribution in [3.8, 4) is 51.1 Å². The lowest BCUT2D eigenvalue weighted by Gasteiger charge is -2.15. The first-order chi connectivity index (χ1) is 25.3. The van der Waals surface area contributed by atoms with Crippen LogP contribution in [-0.4, -0.2) is 43.6 Å². The van der Waals surface area contributed by atoms with E-state index in [4.69, 9.17) is 24.9 Å². The number of aromatic nitrogens is 9. The van der Waals surface area contributed by atoms with Gasteiger partial charge in [-0.25, -0.2) is 24.9 Å². The van der Waals surface area contributed by atoms with Gasteiger partial charge in [0.15, 0.2) is 16.9 Å². The van der Waals surface area contributed by atoms with Crippen LogP contribution in [0.4, 0.5) is 0 Å². The van der Waals surface area contributed by atoms with Gasteiger partial charge in [0, 0.05) is 58.5 Å². The van der Waals surface area contributed by atoms with E-state index in [1.807, 2.05) is 48.5 Å². The molecule has 9 heteroatoms. The van der Waals surface area contributed by atoms with Crippen LogP contribution in [0.1, 0.15) is 0 Å². The molecule has 0 radical (unpaired) electrons. The van der Waals surface area contributed by atoms with Gasteiger partial charge in [0.1, 0.15) is 17.2 Å². The fourth-order valence-electron chi connectivity index (χ4n) is 6.89. The maximum atomic E-state index is 5.26. The van der Waals surface area contributed by atoms with E-state index in [9.17, 15) is 0 Å². The summed E-state index contributed by atoms with van der Waals surface area (Å²) < 4.78 is 6.45. The van der Waals surface area contributed by atoms with Crippen LogP contribution in [0.2, 0.25) is 0 Å². The minimum Gasteiger partial charge on any atom is -0.293 e. The highest BCUT2D eigenvalue weighted by molar-refractivity contribution is 5.90. The highest BCUT2D eigenvalue weighted by atomic mass is 15.2. The highest BCUT2D eigenvalue weighted by Crippen LogP contribution is 2.38. The number of benzene rings is 5. The molecule has 240 valence electrons. The zero-order valence-electron chi connectivity index (χ0n) is 27.1. The van der Waals surface area contributed by atoms with E-state index < -0.39 is 0 Å². The van der Waals surface area contributed by atoms with E-state index in [2.05, 4.69) is 110 Å². The molecule has 0 atom stereocenters. The van der Waals surface area contributed by atoms with Crippen molar-refractivity contribution in [3.63, 3.8) is 0 Å². The van der Waals surface area contributed by atoms with E-state index in [1.54, 1.807) is 24.8 Å². The molecular formula is C42H27N9. The lowest BCUT2D eigenvalue weighted by molar-refractivity contribution is 1.07. The quantitative estimate of drug-likeness (QED) is 0.177. The molecule has 0 spiro atoms. The van der Waals surface area contributed by atoms with E-state index >= 15 is 0 Å². The van der Waals surface area contributed by atoms with Crippen molar-refractivity contribution in [1.82, 2.24) is 43.6 Å². The summed E-state index contributed by atoms with van der Waals surface area (Å²) >= 11 is 0. The Bertz CT molecular complexity index is 2530. The Morgan fingerprint density at radius 3 is 1.61 bits per heavy atom. The molecule has 5 aromatic carbocycles. The first-order valence-corrected chi connectivity index (χ1v) is 16.6. The van der Waals surface area contributed by atoms with Crippen LogP contribution in [0.5, 0.6) is 0 Å². The van der Waals surface area contributed by atoms with Crippen molar-refractivity contribution in [3.05, 3.63) is 164 Å². The highest BCUT2D eigenvalue weighted by Gasteiger charge is 2.23. The summed E-state index contributed by atoms with van der Waals surface area (Å²) in [5.41, 5.74) is 11.3. The van der Waals surface area contributed by atoms with Crippen LogP contribution in [0.15, 0.2) is 164 Å². The summed E-state index contributed by atoms with van der Waals surface area (Å²) in [5.74, 6) is 1.52. The van der Waals surface area contributed by atoms with Crippen molar-refractivity contribution in [2.24, 2.45) is 0 Å². The maximum Gasteiger partial charge on any atom is 0.198 e. The Morgan fingerprint density at radius 1 is 0.373 bits per heavy atom. The summed E-state index contributed by atoms with van der Waals surface area (Å²) in [7, 11) is 0. The second-order valence-corrected chi connectivity index (χ2v) is 12.2. The van der Waals surface area contributed by atoms with Gasteiger partial charge in [-0.05, 0) is 72.8 Å². The molecule has 9 nitrogen and oxygen atoms in total. The van der Waals surface area contributed by atoms with Gasteiger partial charge in [0.25, 0.3) is 0 Å². The van der Waals surface area contributed by atoms with Crippen LogP contribution >= 0.6 is 0 Å². The lowest BCUT2D eigenvalue weighted by atomic mass is 10.0. The van der Waals surface area contributed by atoms with Crippen LogP contribution in [-0.2, 0) is 0 Å². The number of hydrogen-bond acceptors (Lipinski definition) is 6. The Kier molecular flexibility index (Phi) is 6.60. The third-order valence-corrected chi connectivity index (χ3v) is 9.08. The minimum absolute atomic E-state index is 0.562. The summed E-state index contributed by atoms with van der Waals surface area (Å²) in [6, 6.07) is 47.7. The van der Waals surface area contributed by atoms with Gasteiger partial charge < -0.3 is 0 Å². The molecule has 10 rings (SSSR count). The van der Waals surface area contributed by atoms with Crippen LogP contribution in [0, 0.1) is 0 Å². The molecule has 0 aliphatic heterocycles. The SMILES string of the molecule is c1ccc(-n2c(-c3cc(-c4cc5nccnc5n4-c4ccccc4)cc(-c4nc5nccnc5n4-c4ccccc4)c3)nc3ccccc32)cc1. The molecule has 0 N–H and O–H groups in total. The van der Waals surface area contributed by atoms with Crippen molar-refractivity contribution in [2.45, 2.75) is 0 Å². The van der Waals surface area contributed by atoms with Gasteiger partial charge in [0.2, 0.25) is 0 Å². The van der Waals surface area contributed by atoms with E-state index in [0.29, 0.717) is 17.1 Å². The standard InChI is InChI=1S/C42H27N9/c1-4-12-31(13-5-1)49-36-19-11-10-18-34(36)47-39(49)29-24-28(37-27-35-41(45-22-20-43-35)50(37)32-14-6-2-7-15-32)25-30(26-29)40-48-38-42(46-23-21-44-38)51(40)33-16-8-3-9-17-33/h1-27H. The molecule has 0 saturated carbocycles. The van der Waals surface area contributed by atoms with Gasteiger partial charge in [-0.2, -0.15) is 0 Å².